The lowest BCUT2D eigenvalue weighted by molar-refractivity contribution is 0.0692. The summed E-state index contributed by atoms with van der Waals surface area (Å²) in [5, 5.41) is 18.1. The number of hydrogen-bond donors (Lipinski definition) is 2. The van der Waals surface area contributed by atoms with Crippen LogP contribution < -0.4 is 9.47 Å². The zero-order chi connectivity index (χ0) is 10.7. The Labute approximate surface area is 80.5 Å². The summed E-state index contributed by atoms with van der Waals surface area (Å²) in [6.07, 6.45) is 0. The van der Waals surface area contributed by atoms with Gasteiger partial charge in [-0.3, -0.25) is 0 Å². The smallest absolute Gasteiger partial charge is 0.339 e. The van der Waals surface area contributed by atoms with Crippen LogP contribution in [0.2, 0.25) is 0 Å². The molecular weight excluding hydrogens is 188 g/mol. The number of phenols is 1. The van der Waals surface area contributed by atoms with Crippen LogP contribution in [0.3, 0.4) is 0 Å². The summed E-state index contributed by atoms with van der Waals surface area (Å²) in [6, 6.07) is 2.40. The highest BCUT2D eigenvalue weighted by Gasteiger charge is 2.15. The Kier molecular flexibility index (Phi) is 2.81. The molecule has 0 heterocycles. The Bertz CT molecular complexity index is 358. The predicted molar refractivity (Wildman–Crippen MR) is 48.2 cm³/mol. The molecule has 0 fully saturated rings. The van der Waals surface area contributed by atoms with Gasteiger partial charge in [0.25, 0.3) is 0 Å². The number of aromatic hydroxyl groups is 1. The first-order valence-corrected chi connectivity index (χ1v) is 3.78. The number of methoxy groups -OCH3 is 2. The van der Waals surface area contributed by atoms with Gasteiger partial charge in [-0.05, 0) is 0 Å². The van der Waals surface area contributed by atoms with Gasteiger partial charge in [0.2, 0.25) is 0 Å². The van der Waals surface area contributed by atoms with Crippen molar-refractivity contribution in [2.75, 3.05) is 14.2 Å². The molecule has 1 aromatic carbocycles. The molecule has 0 aliphatic carbocycles. The van der Waals surface area contributed by atoms with E-state index in [1.165, 1.54) is 20.3 Å². The van der Waals surface area contributed by atoms with Crippen molar-refractivity contribution in [2.24, 2.45) is 0 Å². The lowest BCUT2D eigenvalue weighted by atomic mass is 10.2. The average Bonchev–Trinajstić information content (AvgIpc) is 2.17. The van der Waals surface area contributed by atoms with Crippen LogP contribution in [0.25, 0.3) is 0 Å². The minimum absolute atomic E-state index is 0.106. The molecule has 5 heteroatoms. The molecule has 2 N–H and O–H groups in total. The van der Waals surface area contributed by atoms with Crippen LogP contribution in [0.4, 0.5) is 0 Å². The van der Waals surface area contributed by atoms with Crippen LogP contribution in [0.5, 0.6) is 17.2 Å². The van der Waals surface area contributed by atoms with E-state index in [9.17, 15) is 9.90 Å². The molecule has 76 valence electrons. The van der Waals surface area contributed by atoms with E-state index in [0.29, 0.717) is 0 Å². The van der Waals surface area contributed by atoms with Crippen LogP contribution in [-0.4, -0.2) is 30.4 Å². The summed E-state index contributed by atoms with van der Waals surface area (Å²) in [4.78, 5) is 10.7. The maximum absolute atomic E-state index is 10.7. The number of carboxylic acids is 1. The third-order valence-corrected chi connectivity index (χ3v) is 1.73. The monoisotopic (exact) mass is 198 g/mol. The van der Waals surface area contributed by atoms with Crippen molar-refractivity contribution in [1.82, 2.24) is 0 Å². The first-order valence-electron chi connectivity index (χ1n) is 3.78. The van der Waals surface area contributed by atoms with E-state index in [0.717, 1.165) is 6.07 Å². The molecule has 0 amide bonds. The number of rotatable bonds is 3. The predicted octanol–water partition coefficient (Wildman–Crippen LogP) is 1.11. The van der Waals surface area contributed by atoms with E-state index in [1.807, 2.05) is 0 Å². The maximum atomic E-state index is 10.7. The molecule has 14 heavy (non-hydrogen) atoms. The van der Waals surface area contributed by atoms with Gasteiger partial charge in [0.15, 0.2) is 11.5 Å². The fourth-order valence-corrected chi connectivity index (χ4v) is 1.05. The molecular formula is C9H10O5. The van der Waals surface area contributed by atoms with Gasteiger partial charge in [-0.1, -0.05) is 0 Å². The molecule has 0 aliphatic rings. The Balaban J connectivity index is 3.31. The second-order valence-electron chi connectivity index (χ2n) is 2.53. The van der Waals surface area contributed by atoms with Crippen molar-refractivity contribution in [1.29, 1.82) is 0 Å². The third kappa shape index (κ3) is 1.71. The molecule has 1 aromatic rings. The van der Waals surface area contributed by atoms with E-state index < -0.39 is 5.97 Å². The SMILES string of the molecule is COc1cc(OC)c(C(=O)O)cc1O. The number of phenolic OH excluding ortho intramolecular Hbond substituents is 1. The highest BCUT2D eigenvalue weighted by molar-refractivity contribution is 5.92. The molecule has 5 nitrogen and oxygen atoms in total. The van der Waals surface area contributed by atoms with Crippen LogP contribution in [0, 0.1) is 0 Å². The van der Waals surface area contributed by atoms with Gasteiger partial charge in [0.1, 0.15) is 11.3 Å². The highest BCUT2D eigenvalue weighted by Crippen LogP contribution is 2.33. The van der Waals surface area contributed by atoms with E-state index in [4.69, 9.17) is 14.6 Å². The Hall–Kier alpha value is -1.91. The van der Waals surface area contributed by atoms with Crippen molar-refractivity contribution < 1.29 is 24.5 Å². The molecule has 0 atom stereocenters. The summed E-state index contributed by atoms with van der Waals surface area (Å²) in [5.41, 5.74) is -0.106. The summed E-state index contributed by atoms with van der Waals surface area (Å²) in [5.74, 6) is -1.08. The molecule has 0 unspecified atom stereocenters. The molecule has 0 aliphatic heterocycles. The molecule has 0 bridgehead atoms. The minimum atomic E-state index is -1.17. The quantitative estimate of drug-likeness (QED) is 0.760. The van der Waals surface area contributed by atoms with E-state index in [2.05, 4.69) is 0 Å². The fraction of sp³-hybridized carbons (Fsp3) is 0.222. The van der Waals surface area contributed by atoms with Gasteiger partial charge in [0, 0.05) is 12.1 Å². The zero-order valence-electron chi connectivity index (χ0n) is 7.77. The van der Waals surface area contributed by atoms with E-state index in [-0.39, 0.29) is 22.8 Å². The Morgan fingerprint density at radius 2 is 1.79 bits per heavy atom. The first-order chi connectivity index (χ1) is 6.60. The maximum Gasteiger partial charge on any atom is 0.339 e. The van der Waals surface area contributed by atoms with Gasteiger partial charge in [-0.25, -0.2) is 4.79 Å². The second kappa shape index (κ2) is 3.87. The summed E-state index contributed by atoms with van der Waals surface area (Å²) in [6.45, 7) is 0. The van der Waals surface area contributed by atoms with E-state index >= 15 is 0 Å². The number of benzene rings is 1. The van der Waals surface area contributed by atoms with Gasteiger partial charge < -0.3 is 19.7 Å². The molecule has 0 aromatic heterocycles. The molecule has 0 saturated carbocycles. The van der Waals surface area contributed by atoms with Crippen LogP contribution >= 0.6 is 0 Å². The van der Waals surface area contributed by atoms with Crippen molar-refractivity contribution in [3.63, 3.8) is 0 Å². The number of carbonyl (C=O) groups is 1. The van der Waals surface area contributed by atoms with Crippen molar-refractivity contribution in [3.05, 3.63) is 17.7 Å². The standard InChI is InChI=1S/C9H10O5/c1-13-7-4-8(14-2)6(10)3-5(7)9(11)12/h3-4,10H,1-2H3,(H,11,12). The zero-order valence-corrected chi connectivity index (χ0v) is 7.77. The summed E-state index contributed by atoms with van der Waals surface area (Å²) >= 11 is 0. The molecule has 0 radical (unpaired) electrons. The van der Waals surface area contributed by atoms with Gasteiger partial charge >= 0.3 is 5.97 Å². The highest BCUT2D eigenvalue weighted by atomic mass is 16.5. The lowest BCUT2D eigenvalue weighted by Crippen LogP contribution is -2.00. The van der Waals surface area contributed by atoms with Crippen LogP contribution in [-0.2, 0) is 0 Å². The first kappa shape index (κ1) is 10.2. The van der Waals surface area contributed by atoms with Gasteiger partial charge in [0.05, 0.1) is 14.2 Å². The summed E-state index contributed by atoms with van der Waals surface area (Å²) < 4.78 is 9.63. The Morgan fingerprint density at radius 1 is 1.21 bits per heavy atom. The van der Waals surface area contributed by atoms with Gasteiger partial charge in [-0.2, -0.15) is 0 Å². The fourth-order valence-electron chi connectivity index (χ4n) is 1.05. The normalized spacial score (nSPS) is 9.57. The largest absolute Gasteiger partial charge is 0.504 e. The van der Waals surface area contributed by atoms with Crippen LogP contribution in [0.15, 0.2) is 12.1 Å². The average molecular weight is 198 g/mol. The van der Waals surface area contributed by atoms with Crippen molar-refractivity contribution in [2.45, 2.75) is 0 Å². The molecule has 0 saturated heterocycles. The summed E-state index contributed by atoms with van der Waals surface area (Å²) in [7, 11) is 2.72. The number of carboxylic acid groups (broad SMARTS) is 1. The van der Waals surface area contributed by atoms with Crippen molar-refractivity contribution >= 4 is 5.97 Å². The Morgan fingerprint density at radius 3 is 2.21 bits per heavy atom. The van der Waals surface area contributed by atoms with E-state index in [1.54, 1.807) is 0 Å². The third-order valence-electron chi connectivity index (χ3n) is 1.73. The number of aromatic carboxylic acids is 1. The van der Waals surface area contributed by atoms with Crippen LogP contribution in [0.1, 0.15) is 10.4 Å². The number of ether oxygens (including phenoxy) is 2. The van der Waals surface area contributed by atoms with Gasteiger partial charge in [-0.15, -0.1) is 0 Å². The molecule has 1 rings (SSSR count). The van der Waals surface area contributed by atoms with Crippen molar-refractivity contribution in [3.8, 4) is 17.2 Å². The number of hydrogen-bond acceptors (Lipinski definition) is 4. The second-order valence-corrected chi connectivity index (χ2v) is 2.53. The topological polar surface area (TPSA) is 76.0 Å². The minimum Gasteiger partial charge on any atom is -0.504 e. The lowest BCUT2D eigenvalue weighted by Gasteiger charge is -2.08. The molecule has 0 spiro atoms.